The average molecular weight is 329 g/mol. The van der Waals surface area contributed by atoms with Crippen molar-refractivity contribution in [2.45, 2.75) is 50.4 Å². The molecular formula is C16H18Cl2O3. The number of hydrogen-bond acceptors (Lipinski definition) is 3. The molecular weight excluding hydrogens is 311 g/mol. The van der Waals surface area contributed by atoms with Crippen molar-refractivity contribution in [2.75, 3.05) is 0 Å². The van der Waals surface area contributed by atoms with Crippen molar-refractivity contribution in [3.8, 4) is 0 Å². The van der Waals surface area contributed by atoms with Crippen LogP contribution in [0.2, 0.25) is 10.0 Å². The number of aliphatic hydroxyl groups is 1. The van der Waals surface area contributed by atoms with Crippen LogP contribution in [-0.4, -0.2) is 29.2 Å². The first-order chi connectivity index (χ1) is 10.0. The monoisotopic (exact) mass is 328 g/mol. The number of benzene rings is 1. The molecule has 0 aromatic heterocycles. The number of Topliss-reactive ketones (excluding diaryl/α,β-unsaturated/α-hetero) is 1. The molecule has 2 aliphatic heterocycles. The van der Waals surface area contributed by atoms with Crippen molar-refractivity contribution in [1.29, 1.82) is 0 Å². The molecule has 0 aliphatic carbocycles. The molecule has 1 aromatic rings. The van der Waals surface area contributed by atoms with Crippen LogP contribution in [-0.2, 0) is 9.53 Å². The number of aliphatic hydroxyl groups excluding tert-OH is 1. The Morgan fingerprint density at radius 1 is 1.33 bits per heavy atom. The maximum Gasteiger partial charge on any atom is 0.139 e. The van der Waals surface area contributed by atoms with E-state index < -0.39 is 12.2 Å². The summed E-state index contributed by atoms with van der Waals surface area (Å²) in [7, 11) is 0. The Bertz CT molecular complexity index is 560. The lowest BCUT2D eigenvalue weighted by Gasteiger charge is -2.36. The highest BCUT2D eigenvalue weighted by atomic mass is 35.5. The number of carbonyl (C=O) groups excluding carboxylic acids is 1. The van der Waals surface area contributed by atoms with E-state index >= 15 is 0 Å². The minimum absolute atomic E-state index is 0.0189. The number of ether oxygens (including phenoxy) is 1. The Hall–Kier alpha value is -0.610. The highest BCUT2D eigenvalue weighted by molar-refractivity contribution is 6.42. The van der Waals surface area contributed by atoms with E-state index in [0.717, 1.165) is 12.0 Å². The van der Waals surface area contributed by atoms with Gasteiger partial charge in [0.2, 0.25) is 0 Å². The second-order valence-corrected chi connectivity index (χ2v) is 6.70. The fourth-order valence-corrected chi connectivity index (χ4v) is 3.94. The fourth-order valence-electron chi connectivity index (χ4n) is 3.64. The summed E-state index contributed by atoms with van der Waals surface area (Å²) in [5.74, 6) is -0.135. The summed E-state index contributed by atoms with van der Waals surface area (Å²) in [6.07, 6.45) is 0.863. The number of carbonyl (C=O) groups is 1. The van der Waals surface area contributed by atoms with Gasteiger partial charge in [0.1, 0.15) is 5.78 Å². The lowest BCUT2D eigenvalue weighted by atomic mass is 9.76. The molecule has 3 nitrogen and oxygen atoms in total. The van der Waals surface area contributed by atoms with Crippen LogP contribution in [0.3, 0.4) is 0 Å². The second-order valence-electron chi connectivity index (χ2n) is 5.89. The average Bonchev–Trinajstić information content (AvgIpc) is 2.76. The van der Waals surface area contributed by atoms with Crippen molar-refractivity contribution in [2.24, 2.45) is 5.92 Å². The third-order valence-corrected chi connectivity index (χ3v) is 5.37. The molecule has 2 saturated heterocycles. The molecule has 2 aliphatic rings. The Morgan fingerprint density at radius 3 is 2.76 bits per heavy atom. The molecule has 1 aromatic carbocycles. The van der Waals surface area contributed by atoms with Gasteiger partial charge in [0.25, 0.3) is 0 Å². The van der Waals surface area contributed by atoms with E-state index in [1.165, 1.54) is 0 Å². The fraction of sp³-hybridized carbons (Fsp3) is 0.562. The number of hydrogen-bond donors (Lipinski definition) is 1. The summed E-state index contributed by atoms with van der Waals surface area (Å²) in [4.78, 5) is 12.4. The van der Waals surface area contributed by atoms with E-state index in [0.29, 0.717) is 22.9 Å². The first kappa shape index (κ1) is 15.3. The van der Waals surface area contributed by atoms with Gasteiger partial charge in [-0.2, -0.15) is 0 Å². The number of halogens is 2. The summed E-state index contributed by atoms with van der Waals surface area (Å²) in [6, 6.07) is 5.52. The molecule has 0 spiro atoms. The molecule has 2 bridgehead atoms. The predicted octanol–water partition coefficient (Wildman–Crippen LogP) is 3.59. The summed E-state index contributed by atoms with van der Waals surface area (Å²) < 4.78 is 5.82. The lowest BCUT2D eigenvalue weighted by molar-refractivity contribution is -0.137. The maximum atomic E-state index is 12.4. The normalized spacial score (nSPS) is 35.0. The van der Waals surface area contributed by atoms with Gasteiger partial charge < -0.3 is 9.84 Å². The first-order valence-electron chi connectivity index (χ1n) is 7.32. The topological polar surface area (TPSA) is 46.5 Å². The number of fused-ring (bicyclic) bond motifs is 2. The van der Waals surface area contributed by atoms with Gasteiger partial charge in [-0.25, -0.2) is 0 Å². The summed E-state index contributed by atoms with van der Waals surface area (Å²) in [5.41, 5.74) is 1.00. The van der Waals surface area contributed by atoms with Crippen molar-refractivity contribution in [1.82, 2.24) is 0 Å². The maximum absolute atomic E-state index is 12.4. The lowest BCUT2D eigenvalue weighted by Crippen LogP contribution is -2.42. The number of rotatable bonds is 3. The van der Waals surface area contributed by atoms with Gasteiger partial charge in [-0.1, -0.05) is 36.2 Å². The molecule has 114 valence electrons. The Labute approximate surface area is 134 Å². The van der Waals surface area contributed by atoms with E-state index in [-0.39, 0.29) is 23.7 Å². The van der Waals surface area contributed by atoms with Crippen LogP contribution in [0.1, 0.15) is 37.7 Å². The van der Waals surface area contributed by atoms with Gasteiger partial charge in [-0.05, 0) is 30.0 Å². The van der Waals surface area contributed by atoms with Crippen LogP contribution in [0, 0.1) is 5.92 Å². The van der Waals surface area contributed by atoms with E-state index in [9.17, 15) is 9.90 Å². The van der Waals surface area contributed by atoms with Crippen molar-refractivity contribution in [3.05, 3.63) is 33.8 Å². The molecule has 5 unspecified atom stereocenters. The predicted molar refractivity (Wildman–Crippen MR) is 81.9 cm³/mol. The molecule has 21 heavy (non-hydrogen) atoms. The first-order valence-corrected chi connectivity index (χ1v) is 8.08. The Balaban J connectivity index is 1.98. The standard InChI is InChI=1S/C16H18Cl2O3/c1-2-13(19)15-10(6-9-7-14(20)16(15)21-9)8-3-4-11(17)12(18)5-8/h3-5,9-10,14-16,20H,2,6-7H2,1H3. The van der Waals surface area contributed by atoms with E-state index in [1.807, 2.05) is 19.1 Å². The summed E-state index contributed by atoms with van der Waals surface area (Å²) in [6.45, 7) is 1.85. The van der Waals surface area contributed by atoms with Crippen LogP contribution in [0.15, 0.2) is 18.2 Å². The minimum atomic E-state index is -0.553. The van der Waals surface area contributed by atoms with Crippen molar-refractivity contribution < 1.29 is 14.6 Å². The molecule has 5 heteroatoms. The number of ketones is 1. The highest BCUT2D eigenvalue weighted by Crippen LogP contribution is 2.46. The molecule has 1 N–H and O–H groups in total. The molecule has 2 fully saturated rings. The zero-order chi connectivity index (χ0) is 15.1. The van der Waals surface area contributed by atoms with Crippen LogP contribution >= 0.6 is 23.2 Å². The quantitative estimate of drug-likeness (QED) is 0.922. The van der Waals surface area contributed by atoms with Gasteiger partial charge in [-0.15, -0.1) is 0 Å². The Kier molecular flexibility index (Phi) is 4.28. The van der Waals surface area contributed by atoms with Crippen LogP contribution in [0.25, 0.3) is 0 Å². The third kappa shape index (κ3) is 2.72. The van der Waals surface area contributed by atoms with Gasteiger partial charge in [-0.3, -0.25) is 4.79 Å². The summed E-state index contributed by atoms with van der Waals surface area (Å²) in [5, 5.41) is 11.2. The molecule has 0 saturated carbocycles. The van der Waals surface area contributed by atoms with Crippen molar-refractivity contribution in [3.63, 3.8) is 0 Å². The molecule has 0 radical (unpaired) electrons. The molecule has 0 amide bonds. The van der Waals surface area contributed by atoms with Crippen LogP contribution in [0.5, 0.6) is 0 Å². The molecule has 3 rings (SSSR count). The van der Waals surface area contributed by atoms with E-state index in [4.69, 9.17) is 27.9 Å². The zero-order valence-corrected chi connectivity index (χ0v) is 13.3. The zero-order valence-electron chi connectivity index (χ0n) is 11.8. The smallest absolute Gasteiger partial charge is 0.139 e. The van der Waals surface area contributed by atoms with Crippen LogP contribution < -0.4 is 0 Å². The largest absolute Gasteiger partial charge is 0.390 e. The van der Waals surface area contributed by atoms with E-state index in [2.05, 4.69) is 0 Å². The van der Waals surface area contributed by atoms with E-state index in [1.54, 1.807) is 6.07 Å². The minimum Gasteiger partial charge on any atom is -0.390 e. The van der Waals surface area contributed by atoms with Crippen molar-refractivity contribution >= 4 is 29.0 Å². The third-order valence-electron chi connectivity index (χ3n) is 4.63. The van der Waals surface area contributed by atoms with Gasteiger partial charge in [0.15, 0.2) is 0 Å². The highest BCUT2D eigenvalue weighted by Gasteiger charge is 2.50. The van der Waals surface area contributed by atoms with Crippen LogP contribution in [0.4, 0.5) is 0 Å². The molecule has 2 heterocycles. The summed E-state index contributed by atoms with van der Waals surface area (Å²) >= 11 is 12.1. The van der Waals surface area contributed by atoms with Gasteiger partial charge in [0, 0.05) is 12.8 Å². The molecule has 5 atom stereocenters. The Morgan fingerprint density at radius 2 is 2.10 bits per heavy atom. The second kappa shape index (κ2) is 5.88. The SMILES string of the molecule is CCC(=O)C1C(c2ccc(Cl)c(Cl)c2)CC2CC(O)C1O2. The van der Waals surface area contributed by atoms with Gasteiger partial charge >= 0.3 is 0 Å². The van der Waals surface area contributed by atoms with Gasteiger partial charge in [0.05, 0.1) is 34.3 Å².